The summed E-state index contributed by atoms with van der Waals surface area (Å²) in [7, 11) is 3.91. The zero-order chi connectivity index (χ0) is 28.0. The van der Waals surface area contributed by atoms with Crippen molar-refractivity contribution >= 4 is 18.0 Å². The van der Waals surface area contributed by atoms with Gasteiger partial charge in [-0.05, 0) is 52.1 Å². The first kappa shape index (κ1) is 29.5. The highest BCUT2D eigenvalue weighted by Crippen LogP contribution is 2.35. The Balaban J connectivity index is 1.55. The molecule has 1 aliphatic heterocycles. The number of rotatable bonds is 9. The third-order valence-corrected chi connectivity index (χ3v) is 7.14. The molecule has 10 nitrogen and oxygen atoms in total. The quantitative estimate of drug-likeness (QED) is 0.341. The number of hydrogen-bond acceptors (Lipinski definition) is 9. The van der Waals surface area contributed by atoms with Gasteiger partial charge < -0.3 is 33.5 Å². The minimum atomic E-state index is -0.687. The van der Waals surface area contributed by atoms with Crippen LogP contribution in [0.5, 0.6) is 11.5 Å². The van der Waals surface area contributed by atoms with Crippen molar-refractivity contribution in [1.82, 2.24) is 9.80 Å². The number of amides is 1. The van der Waals surface area contributed by atoms with Gasteiger partial charge in [-0.2, -0.15) is 0 Å². The molecule has 0 unspecified atom stereocenters. The molecule has 0 N–H and O–H groups in total. The van der Waals surface area contributed by atoms with Gasteiger partial charge in [-0.15, -0.1) is 0 Å². The Hall–Kier alpha value is -3.01. The van der Waals surface area contributed by atoms with Crippen molar-refractivity contribution in [3.63, 3.8) is 0 Å². The highest BCUT2D eigenvalue weighted by Gasteiger charge is 2.37. The number of likely N-dealkylation sites (tertiary alicyclic amines) is 1. The smallest absolute Gasteiger partial charge is 0.410 e. The van der Waals surface area contributed by atoms with Crippen LogP contribution in [0.2, 0.25) is 0 Å². The average Bonchev–Trinajstić information content (AvgIpc) is 2.87. The van der Waals surface area contributed by atoms with Gasteiger partial charge in [-0.25, -0.2) is 14.4 Å². The van der Waals surface area contributed by atoms with Crippen molar-refractivity contribution in [2.45, 2.75) is 71.1 Å². The normalized spacial score (nSPS) is 19.9. The van der Waals surface area contributed by atoms with Crippen molar-refractivity contribution in [3.8, 4) is 11.5 Å². The first-order valence-corrected chi connectivity index (χ1v) is 13.3. The molecule has 1 aliphatic carbocycles. The number of hydrogen-bond donors (Lipinski definition) is 0. The van der Waals surface area contributed by atoms with Gasteiger partial charge in [0.1, 0.15) is 28.8 Å². The molecule has 1 heterocycles. The largest absolute Gasteiger partial charge is 0.496 e. The van der Waals surface area contributed by atoms with Crippen LogP contribution in [0.1, 0.15) is 74.1 Å². The fourth-order valence-corrected chi connectivity index (χ4v) is 5.02. The minimum absolute atomic E-state index is 0.00978. The summed E-state index contributed by atoms with van der Waals surface area (Å²) < 4.78 is 26.7. The lowest BCUT2D eigenvalue weighted by molar-refractivity contribution is 0.000240. The number of carbonyl (C=O) groups is 3. The summed E-state index contributed by atoms with van der Waals surface area (Å²) in [4.78, 5) is 41.3. The third kappa shape index (κ3) is 7.30. The Morgan fingerprint density at radius 2 is 1.63 bits per heavy atom. The van der Waals surface area contributed by atoms with Gasteiger partial charge in [-0.3, -0.25) is 0 Å². The summed E-state index contributed by atoms with van der Waals surface area (Å²) in [5.74, 6) is -0.190. The first-order chi connectivity index (χ1) is 18.0. The van der Waals surface area contributed by atoms with Gasteiger partial charge in [0.25, 0.3) is 0 Å². The van der Waals surface area contributed by atoms with Crippen LogP contribution in [-0.2, 0) is 14.2 Å². The van der Waals surface area contributed by atoms with Crippen LogP contribution in [0, 0.1) is 5.92 Å². The Morgan fingerprint density at radius 1 is 1.00 bits per heavy atom. The molecule has 1 amide bonds. The average molecular weight is 535 g/mol. The molecular weight excluding hydrogens is 492 g/mol. The zero-order valence-corrected chi connectivity index (χ0v) is 23.7. The van der Waals surface area contributed by atoms with Crippen molar-refractivity contribution in [1.29, 1.82) is 0 Å². The van der Waals surface area contributed by atoms with Gasteiger partial charge >= 0.3 is 18.0 Å². The number of piperidine rings is 1. The highest BCUT2D eigenvalue weighted by molar-refractivity contribution is 6.05. The van der Waals surface area contributed by atoms with Crippen molar-refractivity contribution < 1.29 is 38.1 Å². The molecule has 3 rings (SSSR count). The van der Waals surface area contributed by atoms with E-state index in [0.717, 1.165) is 51.9 Å². The number of nitrogens with zero attached hydrogens (tertiary/aromatic N) is 2. The molecular formula is C28H42N2O8. The predicted molar refractivity (Wildman–Crippen MR) is 141 cm³/mol. The molecule has 1 saturated heterocycles. The molecule has 0 aromatic heterocycles. The number of methoxy groups -OCH3 is 3. The maximum absolute atomic E-state index is 12.4. The van der Waals surface area contributed by atoms with E-state index in [1.807, 2.05) is 25.7 Å². The molecule has 1 aromatic carbocycles. The molecule has 212 valence electrons. The first-order valence-electron chi connectivity index (χ1n) is 13.3. The summed E-state index contributed by atoms with van der Waals surface area (Å²) in [6, 6.07) is 3.51. The molecule has 38 heavy (non-hydrogen) atoms. The molecule has 0 spiro atoms. The van der Waals surface area contributed by atoms with Gasteiger partial charge in [0.2, 0.25) is 0 Å². The van der Waals surface area contributed by atoms with Crippen molar-refractivity contribution in [2.75, 3.05) is 47.5 Å². The maximum atomic E-state index is 12.4. The van der Waals surface area contributed by atoms with E-state index in [9.17, 15) is 14.4 Å². The maximum Gasteiger partial charge on any atom is 0.410 e. The van der Waals surface area contributed by atoms with Crippen LogP contribution in [0.15, 0.2) is 12.1 Å². The Morgan fingerprint density at radius 3 is 2.16 bits per heavy atom. The van der Waals surface area contributed by atoms with E-state index in [0.29, 0.717) is 17.7 Å². The third-order valence-electron chi connectivity index (χ3n) is 7.14. The molecule has 1 aromatic rings. The van der Waals surface area contributed by atoms with E-state index < -0.39 is 17.5 Å². The molecule has 0 bridgehead atoms. The summed E-state index contributed by atoms with van der Waals surface area (Å²) in [5, 5.41) is 0. The zero-order valence-electron chi connectivity index (χ0n) is 23.7. The fourth-order valence-electron chi connectivity index (χ4n) is 5.02. The summed E-state index contributed by atoms with van der Waals surface area (Å²) in [6.45, 7) is 11.2. The molecule has 2 fully saturated rings. The lowest BCUT2D eigenvalue weighted by Crippen LogP contribution is -2.51. The van der Waals surface area contributed by atoms with Crippen LogP contribution in [0.3, 0.4) is 0 Å². The Labute approximate surface area is 225 Å². The summed E-state index contributed by atoms with van der Waals surface area (Å²) in [5.41, 5.74) is -0.432. The van der Waals surface area contributed by atoms with Gasteiger partial charge in [0, 0.05) is 44.6 Å². The van der Waals surface area contributed by atoms with Gasteiger partial charge in [0.15, 0.2) is 0 Å². The highest BCUT2D eigenvalue weighted by atomic mass is 16.6. The van der Waals surface area contributed by atoms with Crippen LogP contribution in [0.25, 0.3) is 0 Å². The molecule has 10 heteroatoms. The van der Waals surface area contributed by atoms with Crippen LogP contribution in [-0.4, -0.2) is 93.1 Å². The lowest BCUT2D eigenvalue weighted by Gasteiger charge is -2.44. The number of ether oxygens (including phenoxy) is 5. The van der Waals surface area contributed by atoms with Gasteiger partial charge in [-0.1, -0.05) is 6.92 Å². The summed E-state index contributed by atoms with van der Waals surface area (Å²) >= 11 is 0. The minimum Gasteiger partial charge on any atom is -0.496 e. The van der Waals surface area contributed by atoms with E-state index >= 15 is 0 Å². The monoisotopic (exact) mass is 534 g/mol. The molecule has 0 radical (unpaired) electrons. The predicted octanol–water partition coefficient (Wildman–Crippen LogP) is 4.15. The fraction of sp³-hybridized carbons (Fsp3) is 0.679. The molecule has 0 atom stereocenters. The molecule has 1 saturated carbocycles. The van der Waals surface area contributed by atoms with E-state index in [1.165, 1.54) is 27.4 Å². The number of esters is 2. The van der Waals surface area contributed by atoms with Crippen LogP contribution >= 0.6 is 0 Å². The number of benzene rings is 1. The van der Waals surface area contributed by atoms with E-state index in [2.05, 4.69) is 11.8 Å². The van der Waals surface area contributed by atoms with Crippen molar-refractivity contribution in [2.24, 2.45) is 5.92 Å². The second-order valence-corrected chi connectivity index (χ2v) is 10.9. The van der Waals surface area contributed by atoms with E-state index in [-0.39, 0.29) is 29.1 Å². The lowest BCUT2D eigenvalue weighted by atomic mass is 9.86. The topological polar surface area (TPSA) is 104 Å². The Bertz CT molecular complexity index is 991. The van der Waals surface area contributed by atoms with Gasteiger partial charge in [0.05, 0.1) is 26.9 Å². The van der Waals surface area contributed by atoms with Crippen molar-refractivity contribution in [3.05, 3.63) is 23.3 Å². The number of carbonyl (C=O) groups excluding carboxylic acids is 3. The van der Waals surface area contributed by atoms with Crippen LogP contribution in [0.4, 0.5) is 4.79 Å². The molecule has 2 aliphatic rings. The second-order valence-electron chi connectivity index (χ2n) is 10.9. The SMILES string of the molecule is CCN(CC1CCN(C(=O)OC(C)(C)C)CC1)[C@H]1C[C@H](Oc2cc(OC)c(C(=O)OC)c(C(=O)OC)c2)C1. The second kappa shape index (κ2) is 12.7. The standard InChI is InChI=1S/C28H42N2O8/c1-8-29(17-18-9-11-30(12-10-18)27(33)38-28(2,3)4)19-13-20(14-19)37-21-15-22(25(31)35-6)24(26(32)36-7)23(16-21)34-5/h15-16,18-20H,8-14,17H2,1-7H3/t19-,20-. The Kier molecular flexibility index (Phi) is 9.87. The van der Waals surface area contributed by atoms with E-state index in [1.54, 1.807) is 6.07 Å². The summed E-state index contributed by atoms with van der Waals surface area (Å²) in [6.07, 6.45) is 3.41. The van der Waals surface area contributed by atoms with E-state index in [4.69, 9.17) is 23.7 Å². The van der Waals surface area contributed by atoms with Crippen LogP contribution < -0.4 is 9.47 Å².